The van der Waals surface area contributed by atoms with E-state index in [0.717, 1.165) is 15.7 Å². The lowest BCUT2D eigenvalue weighted by Gasteiger charge is -2.13. The third-order valence-electron chi connectivity index (χ3n) is 3.03. The first-order valence-electron chi connectivity index (χ1n) is 6.61. The minimum atomic E-state index is -0.355. The van der Waals surface area contributed by atoms with Gasteiger partial charge in [-0.05, 0) is 49.7 Å². The third-order valence-corrected chi connectivity index (χ3v) is 3.53. The first kappa shape index (κ1) is 15.4. The minimum Gasteiger partial charge on any atom is -0.462 e. The van der Waals surface area contributed by atoms with E-state index in [1.165, 1.54) is 0 Å². The van der Waals surface area contributed by atoms with Crippen LogP contribution in [0.3, 0.4) is 0 Å². The predicted molar refractivity (Wildman–Crippen MR) is 89.0 cm³/mol. The molecule has 0 radical (unpaired) electrons. The summed E-state index contributed by atoms with van der Waals surface area (Å²) < 4.78 is 5.97. The van der Waals surface area contributed by atoms with E-state index in [9.17, 15) is 4.79 Å². The molecule has 0 bridgehead atoms. The van der Waals surface area contributed by atoms with Crippen LogP contribution in [0.2, 0.25) is 0 Å². The van der Waals surface area contributed by atoms with E-state index in [2.05, 4.69) is 21.2 Å². The number of aryl methyl sites for hydroxylation is 1. The summed E-state index contributed by atoms with van der Waals surface area (Å²) in [5, 5.41) is 3.26. The molecule has 0 amide bonds. The highest BCUT2D eigenvalue weighted by Crippen LogP contribution is 2.28. The zero-order valence-corrected chi connectivity index (χ0v) is 13.5. The molecule has 21 heavy (non-hydrogen) atoms. The molecule has 0 atom stereocenters. The van der Waals surface area contributed by atoms with Gasteiger partial charge in [0.1, 0.15) is 0 Å². The molecule has 0 aliphatic rings. The largest absolute Gasteiger partial charge is 0.462 e. The number of esters is 1. The lowest BCUT2D eigenvalue weighted by Crippen LogP contribution is -2.06. The summed E-state index contributed by atoms with van der Waals surface area (Å²) in [6.45, 7) is 4.12. The fourth-order valence-corrected chi connectivity index (χ4v) is 2.24. The van der Waals surface area contributed by atoms with Crippen LogP contribution in [0.4, 0.5) is 17.1 Å². The van der Waals surface area contributed by atoms with Crippen molar-refractivity contribution in [3.8, 4) is 0 Å². The summed E-state index contributed by atoms with van der Waals surface area (Å²) in [7, 11) is 0. The number of ether oxygens (including phenoxy) is 1. The van der Waals surface area contributed by atoms with E-state index >= 15 is 0 Å². The highest BCUT2D eigenvalue weighted by Gasteiger charge is 2.10. The topological polar surface area (TPSA) is 64.3 Å². The van der Waals surface area contributed by atoms with Gasteiger partial charge in [0, 0.05) is 10.2 Å². The zero-order valence-electron chi connectivity index (χ0n) is 11.9. The summed E-state index contributed by atoms with van der Waals surface area (Å²) in [4.78, 5) is 11.8. The number of halogens is 1. The van der Waals surface area contributed by atoms with E-state index in [1.54, 1.807) is 25.1 Å². The van der Waals surface area contributed by atoms with Crippen LogP contribution in [0.15, 0.2) is 40.9 Å². The number of anilines is 3. The maximum Gasteiger partial charge on any atom is 0.338 e. The summed E-state index contributed by atoms with van der Waals surface area (Å²) in [5.74, 6) is -0.355. The summed E-state index contributed by atoms with van der Waals surface area (Å²) >= 11 is 3.44. The molecule has 0 spiro atoms. The molecule has 0 aliphatic carbocycles. The van der Waals surface area contributed by atoms with E-state index in [4.69, 9.17) is 10.5 Å². The van der Waals surface area contributed by atoms with Crippen LogP contribution in [0.25, 0.3) is 0 Å². The highest BCUT2D eigenvalue weighted by atomic mass is 79.9. The first-order valence-corrected chi connectivity index (χ1v) is 7.40. The number of nitrogen functional groups attached to an aromatic ring is 1. The predicted octanol–water partition coefficient (Wildman–Crippen LogP) is 4.26. The van der Waals surface area contributed by atoms with Gasteiger partial charge < -0.3 is 15.8 Å². The number of carbonyl (C=O) groups is 1. The van der Waals surface area contributed by atoms with Crippen molar-refractivity contribution in [3.63, 3.8) is 0 Å². The van der Waals surface area contributed by atoms with E-state index < -0.39 is 0 Å². The van der Waals surface area contributed by atoms with Gasteiger partial charge in [0.05, 0.1) is 23.5 Å². The van der Waals surface area contributed by atoms with Gasteiger partial charge in [-0.15, -0.1) is 0 Å². The van der Waals surface area contributed by atoms with E-state index in [1.807, 2.05) is 25.1 Å². The molecule has 110 valence electrons. The van der Waals surface area contributed by atoms with Crippen molar-refractivity contribution in [1.82, 2.24) is 0 Å². The molecule has 4 nitrogen and oxygen atoms in total. The normalized spacial score (nSPS) is 10.2. The van der Waals surface area contributed by atoms with Gasteiger partial charge in [-0.1, -0.05) is 22.0 Å². The Morgan fingerprint density at radius 2 is 2.00 bits per heavy atom. The molecule has 3 N–H and O–H groups in total. The van der Waals surface area contributed by atoms with Crippen LogP contribution in [0, 0.1) is 6.92 Å². The number of hydrogen-bond donors (Lipinski definition) is 2. The molecular weight excluding hydrogens is 332 g/mol. The molecule has 0 unspecified atom stereocenters. The summed E-state index contributed by atoms with van der Waals surface area (Å²) in [6.07, 6.45) is 0. The fraction of sp³-hybridized carbons (Fsp3) is 0.188. The molecule has 5 heteroatoms. The van der Waals surface area contributed by atoms with Crippen LogP contribution in [0.5, 0.6) is 0 Å². The van der Waals surface area contributed by atoms with Crippen LogP contribution in [0.1, 0.15) is 22.8 Å². The summed E-state index contributed by atoms with van der Waals surface area (Å²) in [5.41, 5.74) is 9.71. The molecule has 0 aliphatic heterocycles. The number of benzene rings is 2. The Labute approximate surface area is 132 Å². The van der Waals surface area contributed by atoms with E-state index in [-0.39, 0.29) is 5.97 Å². The quantitative estimate of drug-likeness (QED) is 0.639. The van der Waals surface area contributed by atoms with E-state index in [0.29, 0.717) is 23.5 Å². The molecule has 0 aromatic heterocycles. The molecule has 0 heterocycles. The monoisotopic (exact) mass is 348 g/mol. The fourth-order valence-electron chi connectivity index (χ4n) is 1.88. The van der Waals surface area contributed by atoms with Crippen molar-refractivity contribution in [2.75, 3.05) is 17.7 Å². The van der Waals surface area contributed by atoms with Gasteiger partial charge in [-0.2, -0.15) is 0 Å². The van der Waals surface area contributed by atoms with Crippen molar-refractivity contribution >= 4 is 39.0 Å². The van der Waals surface area contributed by atoms with Crippen LogP contribution < -0.4 is 11.1 Å². The molecule has 2 aromatic rings. The Morgan fingerprint density at radius 1 is 1.24 bits per heavy atom. The molecule has 2 rings (SSSR count). The molecule has 2 aromatic carbocycles. The lowest BCUT2D eigenvalue weighted by molar-refractivity contribution is 0.0526. The number of rotatable bonds is 4. The van der Waals surface area contributed by atoms with Crippen LogP contribution in [-0.2, 0) is 4.74 Å². The van der Waals surface area contributed by atoms with Crippen molar-refractivity contribution in [1.29, 1.82) is 0 Å². The van der Waals surface area contributed by atoms with Crippen molar-refractivity contribution in [2.24, 2.45) is 0 Å². The molecule has 0 fully saturated rings. The Hall–Kier alpha value is -2.01. The Bertz CT molecular complexity index is 671. The van der Waals surface area contributed by atoms with Gasteiger partial charge in [-0.3, -0.25) is 0 Å². The van der Waals surface area contributed by atoms with Gasteiger partial charge in [-0.25, -0.2) is 4.79 Å². The molecule has 0 saturated carbocycles. The number of carbonyl (C=O) groups excluding carboxylic acids is 1. The Balaban J connectivity index is 2.33. The smallest absolute Gasteiger partial charge is 0.338 e. The number of nitrogens with two attached hydrogens (primary N) is 1. The number of hydrogen-bond acceptors (Lipinski definition) is 4. The lowest BCUT2D eigenvalue weighted by atomic mass is 10.1. The summed E-state index contributed by atoms with van der Waals surface area (Å²) in [6, 6.07) is 11.0. The van der Waals surface area contributed by atoms with Gasteiger partial charge >= 0.3 is 5.97 Å². The third kappa shape index (κ3) is 3.76. The Morgan fingerprint density at radius 3 is 2.71 bits per heavy atom. The SMILES string of the molecule is CCOC(=O)c1ccc(N)c(Nc2cc(Br)ccc2C)c1. The van der Waals surface area contributed by atoms with Crippen molar-refractivity contribution in [2.45, 2.75) is 13.8 Å². The van der Waals surface area contributed by atoms with Crippen molar-refractivity contribution in [3.05, 3.63) is 52.0 Å². The second-order valence-corrected chi connectivity index (χ2v) is 5.52. The van der Waals surface area contributed by atoms with Gasteiger partial charge in [0.15, 0.2) is 0 Å². The maximum absolute atomic E-state index is 11.8. The number of nitrogens with one attached hydrogen (secondary N) is 1. The second-order valence-electron chi connectivity index (χ2n) is 4.61. The standard InChI is InChI=1S/C16H17BrN2O2/c1-3-21-16(20)11-5-7-13(18)15(8-11)19-14-9-12(17)6-4-10(14)2/h4-9,19H,3,18H2,1-2H3. The van der Waals surface area contributed by atoms with Crippen LogP contribution in [-0.4, -0.2) is 12.6 Å². The molecular formula is C16H17BrN2O2. The maximum atomic E-state index is 11.8. The van der Waals surface area contributed by atoms with Gasteiger partial charge in [0.25, 0.3) is 0 Å². The first-order chi connectivity index (χ1) is 10.0. The van der Waals surface area contributed by atoms with Crippen LogP contribution >= 0.6 is 15.9 Å². The average Bonchev–Trinajstić information content (AvgIpc) is 2.45. The zero-order chi connectivity index (χ0) is 15.4. The highest BCUT2D eigenvalue weighted by molar-refractivity contribution is 9.10. The molecule has 0 saturated heterocycles. The minimum absolute atomic E-state index is 0.344. The van der Waals surface area contributed by atoms with Gasteiger partial charge in [0.2, 0.25) is 0 Å². The Kier molecular flexibility index (Phi) is 4.85. The average molecular weight is 349 g/mol. The second kappa shape index (κ2) is 6.63. The van der Waals surface area contributed by atoms with Crippen molar-refractivity contribution < 1.29 is 9.53 Å².